The van der Waals surface area contributed by atoms with Crippen LogP contribution >= 0.6 is 11.3 Å². The van der Waals surface area contributed by atoms with E-state index in [-0.39, 0.29) is 5.41 Å². The van der Waals surface area contributed by atoms with Crippen LogP contribution in [0, 0.1) is 5.41 Å². The van der Waals surface area contributed by atoms with Gasteiger partial charge in [0.25, 0.3) is 0 Å². The van der Waals surface area contributed by atoms with E-state index in [1.54, 1.807) is 11.3 Å². The van der Waals surface area contributed by atoms with Gasteiger partial charge in [0, 0.05) is 22.0 Å². The highest BCUT2D eigenvalue weighted by Gasteiger charge is 2.20. The Hall–Kier alpha value is -2.41. The Bertz CT molecular complexity index is 848. The number of thiazole rings is 1. The minimum absolute atomic E-state index is 0.138. The number of para-hydroxylation sites is 1. The fourth-order valence-electron chi connectivity index (χ4n) is 2.44. The average Bonchev–Trinajstić information content (AvgIpc) is 3.16. The van der Waals surface area contributed by atoms with Crippen molar-refractivity contribution < 1.29 is 14.5 Å². The molecule has 0 spiro atoms. The monoisotopic (exact) mass is 398 g/mol. The molecule has 1 N–H and O–H groups in total. The number of benzene rings is 2. The summed E-state index contributed by atoms with van der Waals surface area (Å²) < 4.78 is 5.91. The van der Waals surface area contributed by atoms with Gasteiger partial charge >= 0.3 is 0 Å². The molecule has 148 valence electrons. The molecule has 0 aliphatic rings. The number of ether oxygens (including phenoxy) is 1. The molecule has 6 heteroatoms. The Morgan fingerprint density at radius 3 is 2.43 bits per heavy atom. The summed E-state index contributed by atoms with van der Waals surface area (Å²) in [5, 5.41) is 6.25. The molecule has 0 aliphatic carbocycles. The van der Waals surface area contributed by atoms with Gasteiger partial charge in [0.15, 0.2) is 5.13 Å². The van der Waals surface area contributed by atoms with E-state index in [0.717, 1.165) is 27.8 Å². The van der Waals surface area contributed by atoms with Crippen molar-refractivity contribution in [2.75, 3.05) is 25.1 Å². The van der Waals surface area contributed by atoms with Gasteiger partial charge in [-0.3, -0.25) is 0 Å². The Labute approximate surface area is 170 Å². The number of nitrogens with one attached hydrogen (secondary N) is 1. The normalized spacial score (nSPS) is 11.4. The molecule has 0 amide bonds. The maximum atomic E-state index is 5.91. The van der Waals surface area contributed by atoms with Crippen LogP contribution in [0.3, 0.4) is 0 Å². The summed E-state index contributed by atoms with van der Waals surface area (Å²) in [5.74, 6) is 0.825. The standard InChI is InChI=1S/C22H26N2O3S/c1-4-26-27-16-22(2,3)15-25-19-12-10-17(11-13-19)20-14-28-21(24-20)23-18-8-6-5-7-9-18/h5-14H,4,15-16H2,1-3H3,(H,23,24). The van der Waals surface area contributed by atoms with E-state index in [4.69, 9.17) is 14.5 Å². The minimum atomic E-state index is -0.138. The fraction of sp³-hybridized carbons (Fsp3) is 0.318. The van der Waals surface area contributed by atoms with Gasteiger partial charge in [0.2, 0.25) is 0 Å². The first-order valence-corrected chi connectivity index (χ1v) is 10.2. The summed E-state index contributed by atoms with van der Waals surface area (Å²) in [7, 11) is 0. The van der Waals surface area contributed by atoms with Gasteiger partial charge in [0.05, 0.1) is 25.5 Å². The zero-order valence-electron chi connectivity index (χ0n) is 16.5. The number of hydrogen-bond donors (Lipinski definition) is 1. The van der Waals surface area contributed by atoms with Crippen LogP contribution in [0.4, 0.5) is 10.8 Å². The lowest BCUT2D eigenvalue weighted by molar-refractivity contribution is -0.306. The van der Waals surface area contributed by atoms with E-state index >= 15 is 0 Å². The lowest BCUT2D eigenvalue weighted by atomic mass is 9.96. The number of rotatable bonds is 10. The maximum absolute atomic E-state index is 5.91. The first-order chi connectivity index (χ1) is 13.6. The molecular formula is C22H26N2O3S. The zero-order valence-corrected chi connectivity index (χ0v) is 17.3. The second-order valence-electron chi connectivity index (χ2n) is 7.17. The minimum Gasteiger partial charge on any atom is -0.493 e. The van der Waals surface area contributed by atoms with Crippen molar-refractivity contribution in [2.24, 2.45) is 5.41 Å². The summed E-state index contributed by atoms with van der Waals surface area (Å²) in [6.07, 6.45) is 0. The Kier molecular flexibility index (Phi) is 7.03. The zero-order chi connectivity index (χ0) is 19.8. The molecule has 5 nitrogen and oxygen atoms in total. The third-order valence-electron chi connectivity index (χ3n) is 3.96. The summed E-state index contributed by atoms with van der Waals surface area (Å²) >= 11 is 1.59. The van der Waals surface area contributed by atoms with E-state index < -0.39 is 0 Å². The third kappa shape index (κ3) is 6.05. The largest absolute Gasteiger partial charge is 0.493 e. The summed E-state index contributed by atoms with van der Waals surface area (Å²) in [6.45, 7) is 7.62. The van der Waals surface area contributed by atoms with E-state index in [1.807, 2.05) is 61.5 Å². The Morgan fingerprint density at radius 1 is 0.964 bits per heavy atom. The van der Waals surface area contributed by atoms with Crippen LogP contribution < -0.4 is 10.1 Å². The molecule has 28 heavy (non-hydrogen) atoms. The van der Waals surface area contributed by atoms with Crippen molar-refractivity contribution in [1.29, 1.82) is 0 Å². The molecule has 0 fully saturated rings. The van der Waals surface area contributed by atoms with Crippen LogP contribution in [0.25, 0.3) is 11.3 Å². The summed E-state index contributed by atoms with van der Waals surface area (Å²) in [6, 6.07) is 18.0. The van der Waals surface area contributed by atoms with Crippen molar-refractivity contribution >= 4 is 22.2 Å². The van der Waals surface area contributed by atoms with Gasteiger partial charge in [-0.15, -0.1) is 11.3 Å². The topological polar surface area (TPSA) is 52.6 Å². The second-order valence-corrected chi connectivity index (χ2v) is 8.03. The quantitative estimate of drug-likeness (QED) is 0.261. The predicted molar refractivity (Wildman–Crippen MR) is 114 cm³/mol. The molecule has 1 aromatic heterocycles. The fourth-order valence-corrected chi connectivity index (χ4v) is 3.18. The van der Waals surface area contributed by atoms with Gasteiger partial charge in [-0.25, -0.2) is 14.8 Å². The Balaban J connectivity index is 1.56. The van der Waals surface area contributed by atoms with Crippen LogP contribution in [0.5, 0.6) is 5.75 Å². The molecular weight excluding hydrogens is 372 g/mol. The van der Waals surface area contributed by atoms with Crippen molar-refractivity contribution in [1.82, 2.24) is 4.98 Å². The number of nitrogens with zero attached hydrogens (tertiary/aromatic N) is 1. The van der Waals surface area contributed by atoms with E-state index in [1.165, 1.54) is 0 Å². The lowest BCUT2D eigenvalue weighted by Crippen LogP contribution is -2.27. The SMILES string of the molecule is CCOOCC(C)(C)COc1ccc(-c2csc(Nc3ccccc3)n2)cc1. The van der Waals surface area contributed by atoms with Gasteiger partial charge in [-0.2, -0.15) is 0 Å². The molecule has 0 atom stereocenters. The predicted octanol–water partition coefficient (Wildman–Crippen LogP) is 5.93. The highest BCUT2D eigenvalue weighted by molar-refractivity contribution is 7.14. The third-order valence-corrected chi connectivity index (χ3v) is 4.72. The first kappa shape index (κ1) is 20.3. The summed E-state index contributed by atoms with van der Waals surface area (Å²) in [4.78, 5) is 14.8. The molecule has 2 aromatic carbocycles. The van der Waals surface area contributed by atoms with Crippen molar-refractivity contribution in [3.63, 3.8) is 0 Å². The Morgan fingerprint density at radius 2 is 1.71 bits per heavy atom. The molecule has 0 saturated heterocycles. The van der Waals surface area contributed by atoms with Crippen LogP contribution in [0.15, 0.2) is 60.0 Å². The van der Waals surface area contributed by atoms with E-state index in [0.29, 0.717) is 19.8 Å². The van der Waals surface area contributed by atoms with Crippen LogP contribution in [-0.4, -0.2) is 24.8 Å². The van der Waals surface area contributed by atoms with Crippen LogP contribution in [-0.2, 0) is 9.78 Å². The van der Waals surface area contributed by atoms with Gasteiger partial charge in [-0.05, 0) is 43.3 Å². The van der Waals surface area contributed by atoms with Crippen molar-refractivity contribution in [3.05, 3.63) is 60.0 Å². The molecule has 0 unspecified atom stereocenters. The highest BCUT2D eigenvalue weighted by Crippen LogP contribution is 2.28. The number of aromatic nitrogens is 1. The summed E-state index contributed by atoms with van der Waals surface area (Å²) in [5.41, 5.74) is 2.90. The highest BCUT2D eigenvalue weighted by atomic mass is 32.1. The van der Waals surface area contributed by atoms with Crippen LogP contribution in [0.1, 0.15) is 20.8 Å². The molecule has 1 heterocycles. The van der Waals surface area contributed by atoms with Crippen molar-refractivity contribution in [3.8, 4) is 17.0 Å². The van der Waals surface area contributed by atoms with E-state index in [2.05, 4.69) is 29.5 Å². The molecule has 0 aliphatic heterocycles. The lowest BCUT2D eigenvalue weighted by Gasteiger charge is -2.23. The molecule has 0 bridgehead atoms. The maximum Gasteiger partial charge on any atom is 0.187 e. The molecule has 3 rings (SSSR count). The van der Waals surface area contributed by atoms with Gasteiger partial charge < -0.3 is 10.1 Å². The molecule has 0 radical (unpaired) electrons. The van der Waals surface area contributed by atoms with Crippen molar-refractivity contribution in [2.45, 2.75) is 20.8 Å². The van der Waals surface area contributed by atoms with Gasteiger partial charge in [0.1, 0.15) is 5.75 Å². The smallest absolute Gasteiger partial charge is 0.187 e. The van der Waals surface area contributed by atoms with Crippen LogP contribution in [0.2, 0.25) is 0 Å². The second kappa shape index (κ2) is 9.68. The molecule has 3 aromatic rings. The number of anilines is 2. The van der Waals surface area contributed by atoms with E-state index in [9.17, 15) is 0 Å². The van der Waals surface area contributed by atoms with Gasteiger partial charge in [-0.1, -0.05) is 32.0 Å². The number of hydrogen-bond acceptors (Lipinski definition) is 6. The molecule has 0 saturated carbocycles. The average molecular weight is 399 g/mol. The first-order valence-electron chi connectivity index (χ1n) is 9.31.